The third-order valence-electron chi connectivity index (χ3n) is 4.11. The van der Waals surface area contributed by atoms with Gasteiger partial charge in [-0.1, -0.05) is 12.1 Å². The van der Waals surface area contributed by atoms with Crippen LogP contribution in [0.1, 0.15) is 24.2 Å². The number of amides is 1. The molecule has 152 valence electrons. The molecule has 0 saturated carbocycles. The fourth-order valence-electron chi connectivity index (χ4n) is 2.67. The highest BCUT2D eigenvalue weighted by Crippen LogP contribution is 2.34. The van der Waals surface area contributed by atoms with Crippen molar-refractivity contribution in [3.05, 3.63) is 48.0 Å². The molecule has 3 rings (SSSR count). The second kappa shape index (κ2) is 9.47. The molecule has 8 heteroatoms. The molecule has 0 aromatic heterocycles. The number of nitrogens with one attached hydrogen (secondary N) is 1. The lowest BCUT2D eigenvalue weighted by Crippen LogP contribution is -2.31. The van der Waals surface area contributed by atoms with Crippen LogP contribution in [0.25, 0.3) is 0 Å². The molecule has 0 bridgehead atoms. The van der Waals surface area contributed by atoms with Crippen LogP contribution in [0.2, 0.25) is 0 Å². The van der Waals surface area contributed by atoms with E-state index in [2.05, 4.69) is 5.32 Å². The third kappa shape index (κ3) is 5.51. The van der Waals surface area contributed by atoms with Gasteiger partial charge in [0.1, 0.15) is 13.2 Å². The van der Waals surface area contributed by atoms with Gasteiger partial charge in [-0.3, -0.25) is 14.4 Å². The number of fused-ring (bicyclic) bond motifs is 1. The van der Waals surface area contributed by atoms with Crippen LogP contribution in [0, 0.1) is 0 Å². The van der Waals surface area contributed by atoms with Gasteiger partial charge in [0.25, 0.3) is 5.91 Å². The minimum Gasteiger partial charge on any atom is -0.486 e. The number of para-hydroxylation sites is 1. The second-order valence-corrected chi connectivity index (χ2v) is 7.37. The van der Waals surface area contributed by atoms with Crippen LogP contribution in [-0.2, 0) is 14.3 Å². The summed E-state index contributed by atoms with van der Waals surface area (Å²) in [5.74, 6) is 0.178. The average molecular weight is 415 g/mol. The normalized spacial score (nSPS) is 13.3. The van der Waals surface area contributed by atoms with Crippen molar-refractivity contribution in [2.24, 2.45) is 0 Å². The number of benzene rings is 2. The molecular weight excluding hydrogens is 394 g/mol. The number of anilines is 1. The topological polar surface area (TPSA) is 90.9 Å². The van der Waals surface area contributed by atoms with Crippen LogP contribution in [0.15, 0.2) is 47.4 Å². The summed E-state index contributed by atoms with van der Waals surface area (Å²) < 4.78 is 16.2. The van der Waals surface area contributed by atoms with E-state index in [0.717, 1.165) is 4.90 Å². The van der Waals surface area contributed by atoms with Crippen molar-refractivity contribution < 1.29 is 28.6 Å². The van der Waals surface area contributed by atoms with Crippen molar-refractivity contribution in [2.45, 2.75) is 24.8 Å². The van der Waals surface area contributed by atoms with E-state index < -0.39 is 18.0 Å². The predicted molar refractivity (Wildman–Crippen MR) is 109 cm³/mol. The molecule has 0 saturated heterocycles. The lowest BCUT2D eigenvalue weighted by Gasteiger charge is -2.18. The molecule has 1 N–H and O–H groups in total. The maximum absolute atomic E-state index is 12.3. The number of hydrogen-bond acceptors (Lipinski definition) is 7. The first kappa shape index (κ1) is 20.7. The van der Waals surface area contributed by atoms with E-state index in [0.29, 0.717) is 36.0 Å². The number of rotatable bonds is 7. The Balaban J connectivity index is 1.51. The van der Waals surface area contributed by atoms with Gasteiger partial charge in [-0.05, 0) is 44.2 Å². The first-order chi connectivity index (χ1) is 13.9. The van der Waals surface area contributed by atoms with Gasteiger partial charge in [0.15, 0.2) is 23.4 Å². The number of Topliss-reactive ketones (excluding diaryl/α,β-unsaturated/α-hetero) is 1. The smallest absolute Gasteiger partial charge is 0.317 e. The van der Waals surface area contributed by atoms with Gasteiger partial charge < -0.3 is 19.5 Å². The van der Waals surface area contributed by atoms with Crippen molar-refractivity contribution in [1.82, 2.24) is 0 Å². The maximum atomic E-state index is 12.3. The van der Waals surface area contributed by atoms with Gasteiger partial charge in [0, 0.05) is 10.5 Å². The van der Waals surface area contributed by atoms with Crippen molar-refractivity contribution >= 4 is 35.1 Å². The van der Waals surface area contributed by atoms with Gasteiger partial charge in [0.05, 0.1) is 11.4 Å². The zero-order valence-electron chi connectivity index (χ0n) is 16.1. The molecule has 0 radical (unpaired) electrons. The number of carbonyl (C=O) groups excluding carboxylic acids is 3. The van der Waals surface area contributed by atoms with Crippen LogP contribution in [0.5, 0.6) is 11.5 Å². The predicted octanol–water partition coefficient (Wildman–Crippen LogP) is 3.32. The van der Waals surface area contributed by atoms with E-state index in [1.165, 1.54) is 25.6 Å². The number of esters is 1. The first-order valence-electron chi connectivity index (χ1n) is 9.07. The summed E-state index contributed by atoms with van der Waals surface area (Å²) in [5.41, 5.74) is 0.784. The number of carbonyl (C=O) groups is 3. The lowest BCUT2D eigenvalue weighted by atomic mass is 10.1. The molecular formula is C21H21NO6S. The van der Waals surface area contributed by atoms with Crippen molar-refractivity contribution in [3.8, 4) is 11.5 Å². The van der Waals surface area contributed by atoms with Gasteiger partial charge in [0.2, 0.25) is 0 Å². The minimum atomic E-state index is -0.997. The molecule has 1 heterocycles. The van der Waals surface area contributed by atoms with Gasteiger partial charge in [-0.15, -0.1) is 11.8 Å². The first-order valence-corrected chi connectivity index (χ1v) is 10.1. The molecule has 1 amide bonds. The van der Waals surface area contributed by atoms with Crippen molar-refractivity contribution in [1.29, 1.82) is 0 Å². The Kier molecular flexibility index (Phi) is 6.77. The summed E-state index contributed by atoms with van der Waals surface area (Å²) in [5, 5.41) is 2.63. The van der Waals surface area contributed by atoms with Crippen LogP contribution < -0.4 is 14.8 Å². The molecule has 29 heavy (non-hydrogen) atoms. The Morgan fingerprint density at radius 2 is 1.83 bits per heavy atom. The Hall–Kier alpha value is -3.00. The highest BCUT2D eigenvalue weighted by molar-refractivity contribution is 8.00. The SMILES string of the molecule is CC(=O)c1ccccc1NC(=O)[C@H](C)OC(=O)CSc1ccc2c(c1)OCCO2. The molecule has 0 unspecified atom stereocenters. The van der Waals surface area contributed by atoms with E-state index in [-0.39, 0.29) is 11.5 Å². The fourth-order valence-corrected chi connectivity index (χ4v) is 3.38. The largest absolute Gasteiger partial charge is 0.486 e. The number of ether oxygens (including phenoxy) is 3. The van der Waals surface area contributed by atoms with Crippen LogP contribution in [0.3, 0.4) is 0 Å². The number of thioether (sulfide) groups is 1. The quantitative estimate of drug-likeness (QED) is 0.421. The van der Waals surface area contributed by atoms with Crippen LogP contribution >= 0.6 is 11.8 Å². The zero-order chi connectivity index (χ0) is 20.8. The number of ketones is 1. The molecule has 2 aromatic rings. The Bertz CT molecular complexity index is 929. The Morgan fingerprint density at radius 1 is 1.10 bits per heavy atom. The average Bonchev–Trinajstić information content (AvgIpc) is 2.72. The molecule has 0 fully saturated rings. The van der Waals surface area contributed by atoms with E-state index in [4.69, 9.17) is 14.2 Å². The molecule has 0 spiro atoms. The highest BCUT2D eigenvalue weighted by atomic mass is 32.2. The van der Waals surface area contributed by atoms with E-state index in [1.54, 1.807) is 36.4 Å². The standard InChI is InChI=1S/C21H21NO6S/c1-13(23)16-5-3-4-6-17(16)22-21(25)14(2)28-20(24)12-29-15-7-8-18-19(11-15)27-10-9-26-18/h3-8,11,14H,9-10,12H2,1-2H3,(H,22,25)/t14-/m0/s1. The summed E-state index contributed by atoms with van der Waals surface area (Å²) in [4.78, 5) is 36.9. The fraction of sp³-hybridized carbons (Fsp3) is 0.286. The molecule has 0 aliphatic carbocycles. The van der Waals surface area contributed by atoms with E-state index in [1.807, 2.05) is 6.07 Å². The minimum absolute atomic E-state index is 0.0430. The van der Waals surface area contributed by atoms with Gasteiger partial charge in [-0.2, -0.15) is 0 Å². The lowest BCUT2D eigenvalue weighted by molar-refractivity contribution is -0.150. The molecule has 1 atom stereocenters. The van der Waals surface area contributed by atoms with E-state index in [9.17, 15) is 14.4 Å². The summed E-state index contributed by atoms with van der Waals surface area (Å²) in [7, 11) is 0. The van der Waals surface area contributed by atoms with Gasteiger partial charge in [-0.25, -0.2) is 0 Å². The van der Waals surface area contributed by atoms with Gasteiger partial charge >= 0.3 is 5.97 Å². The Labute approximate surface area is 172 Å². The van der Waals surface area contributed by atoms with Crippen molar-refractivity contribution in [3.63, 3.8) is 0 Å². The van der Waals surface area contributed by atoms with E-state index >= 15 is 0 Å². The molecule has 2 aromatic carbocycles. The monoisotopic (exact) mass is 415 g/mol. The molecule has 7 nitrogen and oxygen atoms in total. The maximum Gasteiger partial charge on any atom is 0.317 e. The van der Waals surface area contributed by atoms with Crippen molar-refractivity contribution in [2.75, 3.05) is 24.3 Å². The summed E-state index contributed by atoms with van der Waals surface area (Å²) >= 11 is 1.28. The summed E-state index contributed by atoms with van der Waals surface area (Å²) in [6.45, 7) is 3.91. The van der Waals surface area contributed by atoms with Crippen LogP contribution in [0.4, 0.5) is 5.69 Å². The third-order valence-corrected chi connectivity index (χ3v) is 5.08. The highest BCUT2D eigenvalue weighted by Gasteiger charge is 2.20. The second-order valence-electron chi connectivity index (χ2n) is 6.32. The zero-order valence-corrected chi connectivity index (χ0v) is 16.9. The number of hydrogen-bond donors (Lipinski definition) is 1. The van der Waals surface area contributed by atoms with Crippen LogP contribution in [-0.4, -0.2) is 42.7 Å². The summed E-state index contributed by atoms with van der Waals surface area (Å²) in [6.07, 6.45) is -0.997. The molecule has 1 aliphatic heterocycles. The molecule has 1 aliphatic rings. The Morgan fingerprint density at radius 3 is 2.59 bits per heavy atom. The summed E-state index contributed by atoms with van der Waals surface area (Å²) in [6, 6.07) is 12.1.